The molecule has 2 rings (SSSR count). The number of aliphatic hydroxyl groups excluding tert-OH is 1. The third-order valence-electron chi connectivity index (χ3n) is 3.07. The normalized spacial score (nSPS) is 20.8. The van der Waals surface area contributed by atoms with Crippen LogP contribution in [0, 0.1) is 0 Å². The Balaban J connectivity index is 2.04. The zero-order valence-electron chi connectivity index (χ0n) is 10.6. The van der Waals surface area contributed by atoms with E-state index in [9.17, 15) is 9.90 Å². The molecule has 2 N–H and O–H groups in total. The van der Waals surface area contributed by atoms with Crippen molar-refractivity contribution in [3.05, 3.63) is 29.8 Å². The minimum atomic E-state index is -1.42. The van der Waals surface area contributed by atoms with Gasteiger partial charge in [0.25, 0.3) is 0 Å². The van der Waals surface area contributed by atoms with Crippen LogP contribution >= 0.6 is 0 Å². The van der Waals surface area contributed by atoms with E-state index in [1.807, 2.05) is 6.07 Å². The van der Waals surface area contributed by atoms with Gasteiger partial charge in [-0.2, -0.15) is 0 Å². The molecule has 0 spiro atoms. The highest BCUT2D eigenvalue weighted by atomic mass is 16.7. The van der Waals surface area contributed by atoms with E-state index < -0.39 is 12.1 Å². The quantitative estimate of drug-likeness (QED) is 0.846. The third-order valence-corrected chi connectivity index (χ3v) is 3.07. The van der Waals surface area contributed by atoms with Crippen molar-refractivity contribution in [1.82, 2.24) is 0 Å². The van der Waals surface area contributed by atoms with Gasteiger partial charge < -0.3 is 19.7 Å². The van der Waals surface area contributed by atoms with Gasteiger partial charge in [0.15, 0.2) is 12.4 Å². The number of carbonyl (C=O) groups is 1. The van der Waals surface area contributed by atoms with E-state index in [4.69, 9.17) is 14.6 Å². The zero-order valence-corrected chi connectivity index (χ0v) is 10.6. The second-order valence-electron chi connectivity index (χ2n) is 4.58. The summed E-state index contributed by atoms with van der Waals surface area (Å²) in [6.07, 6.45) is 1.26. The Labute approximate surface area is 111 Å². The molecule has 0 radical (unpaired) electrons. The third kappa shape index (κ3) is 3.94. The Bertz CT molecular complexity index is 426. The topological polar surface area (TPSA) is 76.0 Å². The van der Waals surface area contributed by atoms with E-state index in [1.165, 1.54) is 0 Å². The monoisotopic (exact) mass is 266 g/mol. The number of rotatable bonds is 5. The van der Waals surface area contributed by atoms with Crippen molar-refractivity contribution in [2.45, 2.75) is 38.1 Å². The Hall–Kier alpha value is -1.59. The Morgan fingerprint density at radius 3 is 2.89 bits per heavy atom. The number of benzene rings is 1. The van der Waals surface area contributed by atoms with Gasteiger partial charge in [-0.05, 0) is 24.5 Å². The van der Waals surface area contributed by atoms with Gasteiger partial charge in [-0.3, -0.25) is 0 Å². The fraction of sp³-hybridized carbons (Fsp3) is 0.500. The molecule has 0 saturated carbocycles. The summed E-state index contributed by atoms with van der Waals surface area (Å²) < 4.78 is 11.2. The fourth-order valence-corrected chi connectivity index (χ4v) is 2.03. The van der Waals surface area contributed by atoms with E-state index in [0.717, 1.165) is 19.3 Å². The van der Waals surface area contributed by atoms with Gasteiger partial charge in [-0.15, -0.1) is 0 Å². The number of hydrogen-bond acceptors (Lipinski definition) is 4. The smallest absolute Gasteiger partial charge is 0.332 e. The molecule has 0 aliphatic carbocycles. The molecule has 104 valence electrons. The van der Waals surface area contributed by atoms with E-state index >= 15 is 0 Å². The Morgan fingerprint density at radius 2 is 2.21 bits per heavy atom. The van der Waals surface area contributed by atoms with Crippen molar-refractivity contribution in [3.8, 4) is 5.75 Å². The Kier molecular flexibility index (Phi) is 4.76. The molecular weight excluding hydrogens is 248 g/mol. The van der Waals surface area contributed by atoms with E-state index in [-0.39, 0.29) is 12.7 Å². The second kappa shape index (κ2) is 6.54. The van der Waals surface area contributed by atoms with Gasteiger partial charge in [-0.1, -0.05) is 18.2 Å². The summed E-state index contributed by atoms with van der Waals surface area (Å²) in [6.45, 7) is 0.685. The molecule has 0 bridgehead atoms. The van der Waals surface area contributed by atoms with Gasteiger partial charge in [0.2, 0.25) is 0 Å². The predicted molar refractivity (Wildman–Crippen MR) is 68.0 cm³/mol. The van der Waals surface area contributed by atoms with Gasteiger partial charge in [0.1, 0.15) is 5.75 Å². The van der Waals surface area contributed by atoms with E-state index in [0.29, 0.717) is 17.9 Å². The van der Waals surface area contributed by atoms with Crippen molar-refractivity contribution in [2.75, 3.05) is 6.61 Å². The number of carboxylic acids is 1. The fourth-order valence-electron chi connectivity index (χ4n) is 2.03. The lowest BCUT2D eigenvalue weighted by molar-refractivity contribution is -0.146. The first kappa shape index (κ1) is 13.8. The van der Waals surface area contributed by atoms with Crippen LogP contribution in [0.2, 0.25) is 0 Å². The Morgan fingerprint density at radius 1 is 1.42 bits per heavy atom. The van der Waals surface area contributed by atoms with Crippen LogP contribution in [0.3, 0.4) is 0 Å². The van der Waals surface area contributed by atoms with Crippen molar-refractivity contribution >= 4 is 5.97 Å². The molecule has 0 amide bonds. The first-order valence-electron chi connectivity index (χ1n) is 6.44. The highest BCUT2D eigenvalue weighted by molar-refractivity contribution is 5.72. The molecule has 19 heavy (non-hydrogen) atoms. The molecule has 1 heterocycles. The van der Waals surface area contributed by atoms with Gasteiger partial charge >= 0.3 is 5.97 Å². The first-order valence-corrected chi connectivity index (χ1v) is 6.44. The van der Waals surface area contributed by atoms with Crippen LogP contribution in [0.1, 0.15) is 24.8 Å². The number of hydrogen-bond donors (Lipinski definition) is 2. The minimum Gasteiger partial charge on any atom is -0.479 e. The van der Waals surface area contributed by atoms with Crippen LogP contribution in [0.15, 0.2) is 24.3 Å². The molecule has 1 fully saturated rings. The molecule has 5 heteroatoms. The van der Waals surface area contributed by atoms with Crippen LogP contribution in [0.4, 0.5) is 0 Å². The number of para-hydroxylation sites is 1. The van der Waals surface area contributed by atoms with Gasteiger partial charge in [-0.25, -0.2) is 4.79 Å². The van der Waals surface area contributed by atoms with Gasteiger partial charge in [0, 0.05) is 12.8 Å². The maximum Gasteiger partial charge on any atom is 0.332 e. The van der Waals surface area contributed by atoms with Crippen molar-refractivity contribution in [3.63, 3.8) is 0 Å². The first-order chi connectivity index (χ1) is 9.16. The molecular formula is C14H18O5. The maximum atomic E-state index is 10.7. The number of carboxylic acid groups (broad SMARTS) is 1. The summed E-state index contributed by atoms with van der Waals surface area (Å²) in [4.78, 5) is 10.7. The molecule has 1 aliphatic heterocycles. The van der Waals surface area contributed by atoms with Crippen molar-refractivity contribution < 1.29 is 24.5 Å². The standard InChI is InChI=1S/C14H18O5/c15-11(14(16)17)9-10-5-1-2-6-12(10)19-13-7-3-4-8-18-13/h1-2,5-6,11,13,15H,3-4,7-9H2,(H,16,17)/t11-,13?/m0/s1. The summed E-state index contributed by atoms with van der Waals surface area (Å²) in [6, 6.07) is 7.12. The lowest BCUT2D eigenvalue weighted by atomic mass is 10.1. The summed E-state index contributed by atoms with van der Waals surface area (Å²) in [5, 5.41) is 18.2. The zero-order chi connectivity index (χ0) is 13.7. The number of aliphatic hydroxyl groups is 1. The average molecular weight is 266 g/mol. The summed E-state index contributed by atoms with van der Waals surface area (Å²) in [7, 11) is 0. The van der Waals surface area contributed by atoms with E-state index in [1.54, 1.807) is 18.2 Å². The highest BCUT2D eigenvalue weighted by Gasteiger charge is 2.19. The average Bonchev–Trinajstić information content (AvgIpc) is 2.42. The number of ether oxygens (including phenoxy) is 2. The van der Waals surface area contributed by atoms with Crippen LogP contribution in [0.5, 0.6) is 5.75 Å². The molecule has 1 aromatic carbocycles. The highest BCUT2D eigenvalue weighted by Crippen LogP contribution is 2.24. The minimum absolute atomic E-state index is 0.0260. The SMILES string of the molecule is O=C(O)[C@@H](O)Cc1ccccc1OC1CCCCO1. The molecule has 1 saturated heterocycles. The van der Waals surface area contributed by atoms with E-state index in [2.05, 4.69) is 0 Å². The second-order valence-corrected chi connectivity index (χ2v) is 4.58. The molecule has 2 atom stereocenters. The summed E-state index contributed by atoms with van der Waals surface area (Å²) in [5.74, 6) is -0.654. The van der Waals surface area contributed by atoms with Gasteiger partial charge in [0.05, 0.1) is 6.61 Å². The van der Waals surface area contributed by atoms with Crippen LogP contribution in [0.25, 0.3) is 0 Å². The molecule has 5 nitrogen and oxygen atoms in total. The lowest BCUT2D eigenvalue weighted by Crippen LogP contribution is -2.26. The number of aliphatic carboxylic acids is 1. The predicted octanol–water partition coefficient (Wildman–Crippen LogP) is 1.58. The van der Waals surface area contributed by atoms with Crippen molar-refractivity contribution in [1.29, 1.82) is 0 Å². The maximum absolute atomic E-state index is 10.7. The summed E-state index contributed by atoms with van der Waals surface area (Å²) in [5.41, 5.74) is 0.673. The molecule has 1 unspecified atom stereocenters. The van der Waals surface area contributed by atoms with Crippen LogP contribution in [-0.4, -0.2) is 35.2 Å². The summed E-state index contributed by atoms with van der Waals surface area (Å²) >= 11 is 0. The molecule has 1 aromatic rings. The molecule has 0 aromatic heterocycles. The largest absolute Gasteiger partial charge is 0.479 e. The molecule has 1 aliphatic rings. The van der Waals surface area contributed by atoms with Crippen LogP contribution in [-0.2, 0) is 16.0 Å². The lowest BCUT2D eigenvalue weighted by Gasteiger charge is -2.24. The van der Waals surface area contributed by atoms with Crippen LogP contribution < -0.4 is 4.74 Å². The van der Waals surface area contributed by atoms with Crippen molar-refractivity contribution in [2.24, 2.45) is 0 Å².